The van der Waals surface area contributed by atoms with E-state index in [-0.39, 0.29) is 10.8 Å². The van der Waals surface area contributed by atoms with Crippen LogP contribution in [0.15, 0.2) is 18.6 Å². The number of halogens is 1. The number of anilines is 1. The lowest BCUT2D eigenvalue weighted by molar-refractivity contribution is 0.102. The molecule has 1 amide bonds. The summed E-state index contributed by atoms with van der Waals surface area (Å²) in [5.74, 6) is -0.110. The molecule has 2 aromatic rings. The largest absolute Gasteiger partial charge is 0.305 e. The van der Waals surface area contributed by atoms with E-state index >= 15 is 0 Å². The molecule has 2 N–H and O–H groups in total. The summed E-state index contributed by atoms with van der Waals surface area (Å²) >= 11 is 5.62. The van der Waals surface area contributed by atoms with Crippen molar-refractivity contribution in [2.24, 2.45) is 0 Å². The first-order valence-corrected chi connectivity index (χ1v) is 4.28. The second kappa shape index (κ2) is 4.01. The van der Waals surface area contributed by atoms with Crippen LogP contribution in [0, 0.1) is 0 Å². The third kappa shape index (κ3) is 2.26. The molecule has 0 fully saturated rings. The summed E-state index contributed by atoms with van der Waals surface area (Å²) in [7, 11) is 0. The van der Waals surface area contributed by atoms with E-state index < -0.39 is 5.91 Å². The molecule has 0 aliphatic carbocycles. The van der Waals surface area contributed by atoms with E-state index in [0.717, 1.165) is 0 Å². The van der Waals surface area contributed by atoms with Crippen LogP contribution in [0.3, 0.4) is 0 Å². The fourth-order valence-electron chi connectivity index (χ4n) is 0.893. The number of nitrogens with one attached hydrogen (secondary N) is 2. The molecule has 0 bridgehead atoms. The zero-order valence-corrected chi connectivity index (χ0v) is 8.06. The molecule has 2 aromatic heterocycles. The van der Waals surface area contributed by atoms with E-state index in [2.05, 4.69) is 30.7 Å². The van der Waals surface area contributed by atoms with Crippen molar-refractivity contribution in [1.29, 1.82) is 0 Å². The van der Waals surface area contributed by atoms with Crippen molar-refractivity contribution in [3.8, 4) is 0 Å². The second-order valence-corrected chi connectivity index (χ2v) is 2.92. The van der Waals surface area contributed by atoms with Gasteiger partial charge in [0.25, 0.3) is 5.91 Å². The van der Waals surface area contributed by atoms with Crippen LogP contribution in [0.5, 0.6) is 0 Å². The fourth-order valence-corrected chi connectivity index (χ4v) is 1.04. The van der Waals surface area contributed by atoms with Gasteiger partial charge in [0.1, 0.15) is 17.3 Å². The van der Waals surface area contributed by atoms with Gasteiger partial charge in [-0.2, -0.15) is 15.4 Å². The zero-order valence-electron chi connectivity index (χ0n) is 7.31. The van der Waals surface area contributed by atoms with Crippen LogP contribution in [-0.2, 0) is 0 Å². The summed E-state index contributed by atoms with van der Waals surface area (Å²) in [6, 6.07) is 1.43. The third-order valence-corrected chi connectivity index (χ3v) is 1.73. The lowest BCUT2D eigenvalue weighted by atomic mass is 10.4. The van der Waals surface area contributed by atoms with Crippen molar-refractivity contribution in [3.63, 3.8) is 0 Å². The minimum atomic E-state index is -0.418. The number of amides is 1. The van der Waals surface area contributed by atoms with E-state index in [1.165, 1.54) is 18.6 Å². The summed E-state index contributed by atoms with van der Waals surface area (Å²) in [5.41, 5.74) is 0.171. The van der Waals surface area contributed by atoms with Crippen molar-refractivity contribution < 1.29 is 4.79 Å². The number of carbonyl (C=O) groups is 1. The minimum Gasteiger partial charge on any atom is -0.305 e. The molecule has 0 aliphatic rings. The van der Waals surface area contributed by atoms with Crippen LogP contribution in [0.1, 0.15) is 10.5 Å². The Hall–Kier alpha value is -2.02. The maximum Gasteiger partial charge on any atom is 0.278 e. The summed E-state index contributed by atoms with van der Waals surface area (Å²) < 4.78 is 0. The first-order valence-electron chi connectivity index (χ1n) is 3.90. The number of rotatable bonds is 2. The van der Waals surface area contributed by atoms with E-state index in [4.69, 9.17) is 11.6 Å². The molecule has 76 valence electrons. The average molecular weight is 225 g/mol. The van der Waals surface area contributed by atoms with Crippen LogP contribution in [0.2, 0.25) is 5.15 Å². The number of carbonyl (C=O) groups excluding carboxylic acids is 1. The van der Waals surface area contributed by atoms with Gasteiger partial charge in [-0.05, 0) is 0 Å². The van der Waals surface area contributed by atoms with Crippen LogP contribution in [-0.4, -0.2) is 31.3 Å². The molecular weight excluding hydrogens is 220 g/mol. The van der Waals surface area contributed by atoms with Crippen LogP contribution in [0.25, 0.3) is 0 Å². The van der Waals surface area contributed by atoms with Gasteiger partial charge < -0.3 is 5.32 Å². The van der Waals surface area contributed by atoms with E-state index in [0.29, 0.717) is 5.82 Å². The zero-order chi connectivity index (χ0) is 10.7. The van der Waals surface area contributed by atoms with Crippen LogP contribution in [0.4, 0.5) is 5.82 Å². The Bertz CT molecular complexity index is 470. The number of aromatic nitrogens is 5. The molecule has 8 heteroatoms. The molecule has 15 heavy (non-hydrogen) atoms. The first-order chi connectivity index (χ1) is 7.25. The standard InChI is InChI=1S/C7H5ClN6O/c8-5-1-6(10-3-9-5)12-7(15)4-2-11-14-13-4/h1-3H,(H,11,13,14)(H,9,10,12,15). The smallest absolute Gasteiger partial charge is 0.278 e. The van der Waals surface area contributed by atoms with Crippen molar-refractivity contribution >= 4 is 23.3 Å². The molecule has 0 saturated heterocycles. The SMILES string of the molecule is O=C(Nc1cc(Cl)ncn1)c1cn[nH]n1. The highest BCUT2D eigenvalue weighted by molar-refractivity contribution is 6.29. The Labute approximate surface area is 88.9 Å². The Morgan fingerprint density at radius 3 is 3.00 bits per heavy atom. The number of nitrogens with zero attached hydrogens (tertiary/aromatic N) is 4. The number of hydrogen-bond acceptors (Lipinski definition) is 5. The molecule has 2 heterocycles. The summed E-state index contributed by atoms with van der Waals surface area (Å²) in [6.07, 6.45) is 2.55. The molecule has 7 nitrogen and oxygen atoms in total. The number of H-pyrrole nitrogens is 1. The number of hydrogen-bond donors (Lipinski definition) is 2. The molecule has 0 aliphatic heterocycles. The highest BCUT2D eigenvalue weighted by atomic mass is 35.5. The monoisotopic (exact) mass is 224 g/mol. The lowest BCUT2D eigenvalue weighted by Crippen LogP contribution is -2.13. The highest BCUT2D eigenvalue weighted by Crippen LogP contribution is 2.09. The highest BCUT2D eigenvalue weighted by Gasteiger charge is 2.09. The molecule has 0 spiro atoms. The second-order valence-electron chi connectivity index (χ2n) is 2.54. The summed E-state index contributed by atoms with van der Waals surface area (Å²) in [5, 5.41) is 12.2. The number of aromatic amines is 1. The Morgan fingerprint density at radius 1 is 1.47 bits per heavy atom. The lowest BCUT2D eigenvalue weighted by Gasteiger charge is -2.00. The van der Waals surface area contributed by atoms with Crippen LogP contribution < -0.4 is 5.32 Å². The maximum absolute atomic E-state index is 11.4. The Balaban J connectivity index is 2.13. The minimum absolute atomic E-state index is 0.171. The third-order valence-electron chi connectivity index (χ3n) is 1.52. The van der Waals surface area contributed by atoms with Gasteiger partial charge >= 0.3 is 0 Å². The molecule has 0 unspecified atom stereocenters. The van der Waals surface area contributed by atoms with Gasteiger partial charge in [0.15, 0.2) is 5.69 Å². The fraction of sp³-hybridized carbons (Fsp3) is 0. The molecule has 2 rings (SSSR count). The topological polar surface area (TPSA) is 96.5 Å². The summed E-state index contributed by atoms with van der Waals surface area (Å²) in [4.78, 5) is 18.9. The Morgan fingerprint density at radius 2 is 2.33 bits per heavy atom. The average Bonchev–Trinajstić information content (AvgIpc) is 2.70. The van der Waals surface area contributed by atoms with Crippen LogP contribution >= 0.6 is 11.6 Å². The van der Waals surface area contributed by atoms with Crippen molar-refractivity contribution in [2.75, 3.05) is 5.32 Å². The van der Waals surface area contributed by atoms with Gasteiger partial charge in [0, 0.05) is 6.07 Å². The first kappa shape index (κ1) is 9.53. The Kier molecular flexibility index (Phi) is 2.55. The van der Waals surface area contributed by atoms with Crippen molar-refractivity contribution in [1.82, 2.24) is 25.4 Å². The van der Waals surface area contributed by atoms with Gasteiger partial charge in [0.2, 0.25) is 0 Å². The predicted octanol–water partition coefficient (Wildman–Crippen LogP) is 0.500. The normalized spacial score (nSPS) is 9.93. The molecule has 0 saturated carbocycles. The van der Waals surface area contributed by atoms with Gasteiger partial charge in [0.05, 0.1) is 6.20 Å². The molecular formula is C7H5ClN6O. The maximum atomic E-state index is 11.4. The van der Waals surface area contributed by atoms with E-state index in [9.17, 15) is 4.79 Å². The molecule has 0 atom stereocenters. The molecule has 0 aromatic carbocycles. The van der Waals surface area contributed by atoms with E-state index in [1.54, 1.807) is 0 Å². The molecule has 0 radical (unpaired) electrons. The van der Waals surface area contributed by atoms with Gasteiger partial charge in [-0.15, -0.1) is 0 Å². The van der Waals surface area contributed by atoms with E-state index in [1.807, 2.05) is 0 Å². The van der Waals surface area contributed by atoms with Crippen molar-refractivity contribution in [2.45, 2.75) is 0 Å². The van der Waals surface area contributed by atoms with Gasteiger partial charge in [-0.25, -0.2) is 9.97 Å². The summed E-state index contributed by atoms with van der Waals surface area (Å²) in [6.45, 7) is 0. The van der Waals surface area contributed by atoms with Gasteiger partial charge in [-0.3, -0.25) is 4.79 Å². The quantitative estimate of drug-likeness (QED) is 0.724. The van der Waals surface area contributed by atoms with Gasteiger partial charge in [-0.1, -0.05) is 11.6 Å². The van der Waals surface area contributed by atoms with Crippen molar-refractivity contribution in [3.05, 3.63) is 29.4 Å². The predicted molar refractivity (Wildman–Crippen MR) is 51.4 cm³/mol.